The van der Waals surface area contributed by atoms with Crippen molar-refractivity contribution in [3.8, 4) is 0 Å². The number of carbonyl (C=O) groups is 1. The summed E-state index contributed by atoms with van der Waals surface area (Å²) in [5, 5.41) is 0. The fraction of sp³-hybridized carbons (Fsp3) is 0.650. The molecule has 2 aliphatic rings. The molecular weight excluding hydrogens is 284 g/mol. The van der Waals surface area contributed by atoms with Crippen LogP contribution in [-0.4, -0.2) is 40.4 Å². The number of hydrogen-bond donors (Lipinski definition) is 0. The zero-order valence-corrected chi connectivity index (χ0v) is 14.6. The van der Waals surface area contributed by atoms with Crippen molar-refractivity contribution in [1.82, 2.24) is 9.80 Å². The smallest absolute Gasteiger partial charge is 0.223 e. The zero-order valence-electron chi connectivity index (χ0n) is 14.6. The lowest BCUT2D eigenvalue weighted by Crippen LogP contribution is -2.46. The van der Waals surface area contributed by atoms with Crippen LogP contribution in [0.25, 0.3) is 0 Å². The molecule has 1 aromatic rings. The molecule has 1 aromatic carbocycles. The molecular formula is C20H30N2O. The average Bonchev–Trinajstić information content (AvgIpc) is 2.77. The van der Waals surface area contributed by atoms with Crippen molar-refractivity contribution < 1.29 is 4.79 Å². The standard InChI is InChI=1S/C20H30N2O/c1-3-17(2)21-14-7-11-20(13-15-21)12-10-19(23)22(20)16-18-8-5-4-6-9-18/h4-6,8-9,17H,3,7,10-16H2,1-2H3/t17-,20-/m1/s1. The van der Waals surface area contributed by atoms with E-state index in [9.17, 15) is 4.79 Å². The van der Waals surface area contributed by atoms with Crippen molar-refractivity contribution in [2.24, 2.45) is 0 Å². The highest BCUT2D eigenvalue weighted by molar-refractivity contribution is 5.79. The fourth-order valence-electron chi connectivity index (χ4n) is 4.31. The first kappa shape index (κ1) is 16.5. The second kappa shape index (κ2) is 7.04. The number of rotatable bonds is 4. The van der Waals surface area contributed by atoms with Crippen LogP contribution in [0.1, 0.15) is 57.9 Å². The summed E-state index contributed by atoms with van der Waals surface area (Å²) in [6.07, 6.45) is 6.50. The van der Waals surface area contributed by atoms with E-state index in [-0.39, 0.29) is 5.54 Å². The highest BCUT2D eigenvalue weighted by Crippen LogP contribution is 2.40. The average molecular weight is 314 g/mol. The van der Waals surface area contributed by atoms with Crippen LogP contribution in [-0.2, 0) is 11.3 Å². The van der Waals surface area contributed by atoms with Gasteiger partial charge in [-0.3, -0.25) is 4.79 Å². The minimum Gasteiger partial charge on any atom is -0.333 e. The van der Waals surface area contributed by atoms with Gasteiger partial charge in [-0.25, -0.2) is 0 Å². The molecule has 2 atom stereocenters. The van der Waals surface area contributed by atoms with Crippen LogP contribution >= 0.6 is 0 Å². The second-order valence-corrected chi connectivity index (χ2v) is 7.34. The van der Waals surface area contributed by atoms with Crippen LogP contribution in [0.15, 0.2) is 30.3 Å². The molecule has 0 aliphatic carbocycles. The van der Waals surface area contributed by atoms with Crippen LogP contribution in [0, 0.1) is 0 Å². The molecule has 0 aromatic heterocycles. The summed E-state index contributed by atoms with van der Waals surface area (Å²) in [4.78, 5) is 17.4. The number of likely N-dealkylation sites (tertiary alicyclic amines) is 2. The van der Waals surface area contributed by atoms with E-state index >= 15 is 0 Å². The Labute approximate surface area is 140 Å². The highest BCUT2D eigenvalue weighted by Gasteiger charge is 2.45. The largest absolute Gasteiger partial charge is 0.333 e. The van der Waals surface area contributed by atoms with Gasteiger partial charge in [-0.2, -0.15) is 0 Å². The molecule has 2 aliphatic heterocycles. The second-order valence-electron chi connectivity index (χ2n) is 7.34. The van der Waals surface area contributed by atoms with Gasteiger partial charge in [-0.15, -0.1) is 0 Å². The molecule has 0 bridgehead atoms. The topological polar surface area (TPSA) is 23.6 Å². The molecule has 3 heteroatoms. The number of benzene rings is 1. The van der Waals surface area contributed by atoms with Gasteiger partial charge < -0.3 is 9.80 Å². The van der Waals surface area contributed by atoms with E-state index in [1.165, 1.54) is 31.4 Å². The molecule has 0 unspecified atom stereocenters. The van der Waals surface area contributed by atoms with Crippen LogP contribution < -0.4 is 0 Å². The van der Waals surface area contributed by atoms with Gasteiger partial charge in [0.2, 0.25) is 5.91 Å². The molecule has 23 heavy (non-hydrogen) atoms. The number of hydrogen-bond acceptors (Lipinski definition) is 2. The van der Waals surface area contributed by atoms with Gasteiger partial charge in [-0.05, 0) is 51.1 Å². The van der Waals surface area contributed by atoms with E-state index in [1.54, 1.807) is 0 Å². The minimum absolute atomic E-state index is 0.106. The summed E-state index contributed by atoms with van der Waals surface area (Å²) in [5.74, 6) is 0.353. The zero-order chi connectivity index (χ0) is 16.3. The van der Waals surface area contributed by atoms with Crippen LogP contribution in [0.2, 0.25) is 0 Å². The molecule has 1 amide bonds. The highest BCUT2D eigenvalue weighted by atomic mass is 16.2. The molecule has 3 nitrogen and oxygen atoms in total. The SMILES string of the molecule is CC[C@@H](C)N1CCC[C@@]2(CCC(=O)N2Cc2ccccc2)CC1. The summed E-state index contributed by atoms with van der Waals surface area (Å²) in [6, 6.07) is 11.1. The normalized spacial score (nSPS) is 27.4. The first-order valence-corrected chi connectivity index (χ1v) is 9.23. The van der Waals surface area contributed by atoms with Crippen molar-refractivity contribution in [3.63, 3.8) is 0 Å². The number of carbonyl (C=O) groups excluding carboxylic acids is 1. The van der Waals surface area contributed by atoms with Gasteiger partial charge in [0.25, 0.3) is 0 Å². The van der Waals surface area contributed by atoms with E-state index in [4.69, 9.17) is 0 Å². The summed E-state index contributed by atoms with van der Waals surface area (Å²) in [7, 11) is 0. The Morgan fingerprint density at radius 3 is 2.65 bits per heavy atom. The van der Waals surface area contributed by atoms with E-state index in [1.807, 2.05) is 6.07 Å². The summed E-state index contributed by atoms with van der Waals surface area (Å²) in [6.45, 7) is 7.70. The lowest BCUT2D eigenvalue weighted by molar-refractivity contribution is -0.132. The minimum atomic E-state index is 0.106. The number of nitrogens with zero attached hydrogens (tertiary/aromatic N) is 2. The van der Waals surface area contributed by atoms with Crippen LogP contribution in [0.4, 0.5) is 0 Å². The van der Waals surface area contributed by atoms with Crippen molar-refractivity contribution in [2.45, 2.75) is 70.5 Å². The van der Waals surface area contributed by atoms with E-state index < -0.39 is 0 Å². The maximum absolute atomic E-state index is 12.5. The van der Waals surface area contributed by atoms with Gasteiger partial charge >= 0.3 is 0 Å². The van der Waals surface area contributed by atoms with E-state index in [0.29, 0.717) is 11.9 Å². The van der Waals surface area contributed by atoms with Crippen molar-refractivity contribution in [3.05, 3.63) is 35.9 Å². The van der Waals surface area contributed by atoms with Gasteiger partial charge in [0, 0.05) is 31.1 Å². The van der Waals surface area contributed by atoms with Crippen molar-refractivity contribution >= 4 is 5.91 Å². The van der Waals surface area contributed by atoms with Crippen LogP contribution in [0.3, 0.4) is 0 Å². The Balaban J connectivity index is 1.75. The fourth-order valence-corrected chi connectivity index (χ4v) is 4.31. The van der Waals surface area contributed by atoms with Crippen molar-refractivity contribution in [2.75, 3.05) is 13.1 Å². The quantitative estimate of drug-likeness (QED) is 0.843. The van der Waals surface area contributed by atoms with Gasteiger partial charge in [0.05, 0.1) is 0 Å². The van der Waals surface area contributed by atoms with Crippen molar-refractivity contribution in [1.29, 1.82) is 0 Å². The Kier molecular flexibility index (Phi) is 5.05. The molecule has 0 N–H and O–H groups in total. The van der Waals surface area contributed by atoms with Gasteiger partial charge in [0.1, 0.15) is 0 Å². The summed E-state index contributed by atoms with van der Waals surface area (Å²) < 4.78 is 0. The molecule has 126 valence electrons. The Morgan fingerprint density at radius 2 is 1.91 bits per heavy atom. The first-order chi connectivity index (χ1) is 11.1. The maximum atomic E-state index is 12.5. The molecule has 1 spiro atoms. The summed E-state index contributed by atoms with van der Waals surface area (Å²) in [5.41, 5.74) is 1.36. The molecule has 2 saturated heterocycles. The predicted octanol–water partition coefficient (Wildman–Crippen LogP) is 3.83. The third kappa shape index (κ3) is 3.45. The predicted molar refractivity (Wildman–Crippen MR) is 94.1 cm³/mol. The molecule has 3 rings (SSSR count). The molecule has 2 fully saturated rings. The van der Waals surface area contributed by atoms with E-state index in [0.717, 1.165) is 32.4 Å². The third-order valence-corrected chi connectivity index (χ3v) is 6.03. The first-order valence-electron chi connectivity index (χ1n) is 9.23. The van der Waals surface area contributed by atoms with Crippen LogP contribution in [0.5, 0.6) is 0 Å². The monoisotopic (exact) mass is 314 g/mol. The lowest BCUT2D eigenvalue weighted by Gasteiger charge is -2.38. The third-order valence-electron chi connectivity index (χ3n) is 6.03. The molecule has 0 saturated carbocycles. The maximum Gasteiger partial charge on any atom is 0.223 e. The van der Waals surface area contributed by atoms with Gasteiger partial charge in [0.15, 0.2) is 0 Å². The Hall–Kier alpha value is -1.35. The molecule has 0 radical (unpaired) electrons. The lowest BCUT2D eigenvalue weighted by atomic mass is 9.87. The Morgan fingerprint density at radius 1 is 1.13 bits per heavy atom. The number of amides is 1. The van der Waals surface area contributed by atoms with E-state index in [2.05, 4.69) is 47.9 Å². The Bertz CT molecular complexity index is 530. The molecule has 2 heterocycles. The van der Waals surface area contributed by atoms with Gasteiger partial charge in [-0.1, -0.05) is 37.3 Å². The summed E-state index contributed by atoms with van der Waals surface area (Å²) >= 11 is 0.